The van der Waals surface area contributed by atoms with E-state index in [0.717, 1.165) is 6.07 Å². The molecule has 0 spiro atoms. The van der Waals surface area contributed by atoms with Crippen LogP contribution in [0.1, 0.15) is 15.9 Å². The molecule has 1 aliphatic rings. The second kappa shape index (κ2) is 8.88. The first-order valence-corrected chi connectivity index (χ1v) is 11.4. The zero-order chi connectivity index (χ0) is 22.7. The van der Waals surface area contributed by atoms with Gasteiger partial charge in [-0.05, 0) is 67.1 Å². The molecule has 3 aromatic rings. The lowest BCUT2D eigenvalue weighted by Gasteiger charge is -2.26. The van der Waals surface area contributed by atoms with E-state index >= 15 is 0 Å². The van der Waals surface area contributed by atoms with Crippen LogP contribution >= 0.6 is 0 Å². The Morgan fingerprint density at radius 2 is 1.78 bits per heavy atom. The molecule has 1 heterocycles. The molecule has 166 valence electrons. The average Bonchev–Trinajstić information content (AvgIpc) is 2.79. The maximum absolute atomic E-state index is 13.4. The third-order valence-corrected chi connectivity index (χ3v) is 6.28. The van der Waals surface area contributed by atoms with Crippen LogP contribution in [0.3, 0.4) is 0 Å². The highest BCUT2D eigenvalue weighted by Crippen LogP contribution is 2.30. The van der Waals surface area contributed by atoms with Crippen molar-refractivity contribution in [1.82, 2.24) is 5.32 Å². The molecule has 32 heavy (non-hydrogen) atoms. The van der Waals surface area contributed by atoms with Gasteiger partial charge < -0.3 is 14.8 Å². The lowest BCUT2D eigenvalue weighted by molar-refractivity contribution is 0.0789. The van der Waals surface area contributed by atoms with Gasteiger partial charge >= 0.3 is 0 Å². The van der Waals surface area contributed by atoms with Crippen LogP contribution in [0.5, 0.6) is 11.5 Å². The molecule has 0 saturated carbocycles. The van der Waals surface area contributed by atoms with Gasteiger partial charge in [-0.1, -0.05) is 12.1 Å². The first-order chi connectivity index (χ1) is 15.3. The molecule has 0 bridgehead atoms. The molecule has 0 radical (unpaired) electrons. The number of carbonyl (C=O) groups excluding carboxylic acids is 1. The minimum atomic E-state index is -3.88. The van der Waals surface area contributed by atoms with Crippen molar-refractivity contribution in [2.45, 2.75) is 17.9 Å². The van der Waals surface area contributed by atoms with Crippen molar-refractivity contribution in [1.29, 1.82) is 0 Å². The van der Waals surface area contributed by atoms with Crippen LogP contribution in [0.2, 0.25) is 0 Å². The van der Waals surface area contributed by atoms with E-state index in [1.54, 1.807) is 6.07 Å². The highest BCUT2D eigenvalue weighted by Gasteiger charge is 2.21. The Kier molecular flexibility index (Phi) is 6.00. The molecule has 0 aromatic heterocycles. The van der Waals surface area contributed by atoms with Gasteiger partial charge in [0.2, 0.25) is 0 Å². The number of amides is 1. The van der Waals surface area contributed by atoms with Crippen LogP contribution in [0.4, 0.5) is 10.1 Å². The SMILES string of the molecule is Cc1cc(S(=O)(=O)Nc2ccc(C(=O)NC[C@H]3COc4ccccc4O3)cc2)ccc1F. The molecule has 4 rings (SSSR count). The normalized spacial score (nSPS) is 15.1. The summed E-state index contributed by atoms with van der Waals surface area (Å²) in [4.78, 5) is 12.4. The summed E-state index contributed by atoms with van der Waals surface area (Å²) in [6, 6.07) is 16.9. The number of anilines is 1. The quantitative estimate of drug-likeness (QED) is 0.592. The molecule has 1 amide bonds. The van der Waals surface area contributed by atoms with Crippen molar-refractivity contribution in [3.8, 4) is 11.5 Å². The molecular formula is C23H21FN2O5S. The van der Waals surface area contributed by atoms with Crippen molar-refractivity contribution < 1.29 is 27.1 Å². The summed E-state index contributed by atoms with van der Waals surface area (Å²) >= 11 is 0. The number of halogens is 1. The van der Waals surface area contributed by atoms with Gasteiger partial charge in [-0.3, -0.25) is 9.52 Å². The fourth-order valence-corrected chi connectivity index (χ4v) is 4.30. The number of hydrogen-bond donors (Lipinski definition) is 2. The first-order valence-electron chi connectivity index (χ1n) is 9.87. The van der Waals surface area contributed by atoms with Crippen molar-refractivity contribution in [3.63, 3.8) is 0 Å². The van der Waals surface area contributed by atoms with Gasteiger partial charge in [-0.15, -0.1) is 0 Å². The summed E-state index contributed by atoms with van der Waals surface area (Å²) in [5.41, 5.74) is 0.877. The number of fused-ring (bicyclic) bond motifs is 1. The topological polar surface area (TPSA) is 93.7 Å². The van der Waals surface area contributed by atoms with Gasteiger partial charge in [0, 0.05) is 11.3 Å². The number of carbonyl (C=O) groups is 1. The zero-order valence-electron chi connectivity index (χ0n) is 17.2. The number of ether oxygens (including phenoxy) is 2. The molecular weight excluding hydrogens is 435 g/mol. The third-order valence-electron chi connectivity index (χ3n) is 4.90. The number of para-hydroxylation sites is 2. The summed E-state index contributed by atoms with van der Waals surface area (Å²) < 4.78 is 52.3. The molecule has 2 N–H and O–H groups in total. The highest BCUT2D eigenvalue weighted by molar-refractivity contribution is 7.92. The van der Waals surface area contributed by atoms with Crippen molar-refractivity contribution in [2.75, 3.05) is 17.9 Å². The van der Waals surface area contributed by atoms with Crippen LogP contribution in [-0.2, 0) is 10.0 Å². The van der Waals surface area contributed by atoms with E-state index in [1.165, 1.54) is 43.3 Å². The fraction of sp³-hybridized carbons (Fsp3) is 0.174. The first kappa shape index (κ1) is 21.6. The van der Waals surface area contributed by atoms with E-state index in [0.29, 0.717) is 23.7 Å². The molecule has 0 fully saturated rings. The minimum Gasteiger partial charge on any atom is -0.486 e. The van der Waals surface area contributed by atoms with Gasteiger partial charge in [0.25, 0.3) is 15.9 Å². The third kappa shape index (κ3) is 4.83. The largest absolute Gasteiger partial charge is 0.486 e. The van der Waals surface area contributed by atoms with Crippen molar-refractivity contribution in [2.24, 2.45) is 0 Å². The number of hydrogen-bond acceptors (Lipinski definition) is 5. The maximum atomic E-state index is 13.4. The van der Waals surface area contributed by atoms with E-state index in [9.17, 15) is 17.6 Å². The summed E-state index contributed by atoms with van der Waals surface area (Å²) in [6.45, 7) is 2.07. The summed E-state index contributed by atoms with van der Waals surface area (Å²) in [6.07, 6.45) is -0.320. The summed E-state index contributed by atoms with van der Waals surface area (Å²) in [5.74, 6) is 0.500. The lowest BCUT2D eigenvalue weighted by atomic mass is 10.2. The van der Waals surface area contributed by atoms with Crippen LogP contribution in [0, 0.1) is 12.7 Å². The Morgan fingerprint density at radius 3 is 2.50 bits per heavy atom. The van der Waals surface area contributed by atoms with E-state index in [4.69, 9.17) is 9.47 Å². The minimum absolute atomic E-state index is 0.0468. The summed E-state index contributed by atoms with van der Waals surface area (Å²) in [5, 5.41) is 2.79. The average molecular weight is 456 g/mol. The molecule has 3 aromatic carbocycles. The second-order valence-electron chi connectivity index (χ2n) is 7.30. The maximum Gasteiger partial charge on any atom is 0.261 e. The predicted octanol–water partition coefficient (Wildman–Crippen LogP) is 3.50. The number of nitrogens with one attached hydrogen (secondary N) is 2. The van der Waals surface area contributed by atoms with Crippen molar-refractivity contribution >= 4 is 21.6 Å². The van der Waals surface area contributed by atoms with E-state index in [2.05, 4.69) is 10.0 Å². The number of rotatable bonds is 6. The molecule has 0 aliphatic carbocycles. The number of benzene rings is 3. The fourth-order valence-electron chi connectivity index (χ4n) is 3.16. The highest BCUT2D eigenvalue weighted by atomic mass is 32.2. The van der Waals surface area contributed by atoms with Gasteiger partial charge in [0.05, 0.1) is 11.4 Å². The number of aryl methyl sites for hydroxylation is 1. The molecule has 7 nitrogen and oxygen atoms in total. The van der Waals surface area contributed by atoms with Gasteiger partial charge in [-0.2, -0.15) is 0 Å². The van der Waals surface area contributed by atoms with E-state index < -0.39 is 15.8 Å². The van der Waals surface area contributed by atoms with Gasteiger partial charge in [-0.25, -0.2) is 12.8 Å². The van der Waals surface area contributed by atoms with Gasteiger partial charge in [0.1, 0.15) is 18.5 Å². The summed E-state index contributed by atoms with van der Waals surface area (Å²) in [7, 11) is -3.88. The van der Waals surface area contributed by atoms with Crippen LogP contribution < -0.4 is 19.5 Å². The molecule has 0 saturated heterocycles. The Hall–Kier alpha value is -3.59. The van der Waals surface area contributed by atoms with Crippen LogP contribution in [0.15, 0.2) is 71.6 Å². The molecule has 0 unspecified atom stereocenters. The Morgan fingerprint density at radius 1 is 1.06 bits per heavy atom. The van der Waals surface area contributed by atoms with E-state index in [1.807, 2.05) is 18.2 Å². The molecule has 1 atom stereocenters. The zero-order valence-corrected chi connectivity index (χ0v) is 18.0. The van der Waals surface area contributed by atoms with Crippen LogP contribution in [-0.4, -0.2) is 33.6 Å². The Bertz CT molecular complexity index is 1250. The predicted molar refractivity (Wildman–Crippen MR) is 117 cm³/mol. The van der Waals surface area contributed by atoms with Crippen molar-refractivity contribution in [3.05, 3.63) is 83.7 Å². The molecule has 1 aliphatic heterocycles. The Balaban J connectivity index is 1.35. The lowest BCUT2D eigenvalue weighted by Crippen LogP contribution is -2.40. The smallest absolute Gasteiger partial charge is 0.261 e. The molecule has 9 heteroatoms. The Labute approximate surface area is 185 Å². The van der Waals surface area contributed by atoms with Crippen LogP contribution in [0.25, 0.3) is 0 Å². The number of sulfonamides is 1. The van der Waals surface area contributed by atoms with Gasteiger partial charge in [0.15, 0.2) is 11.5 Å². The standard InChI is InChI=1S/C23H21FN2O5S/c1-15-12-19(10-11-20(15)24)32(28,29)26-17-8-6-16(7-9-17)23(27)25-13-18-14-30-21-4-2-3-5-22(21)31-18/h2-12,18,26H,13-14H2,1H3,(H,25,27)/t18-/m0/s1. The second-order valence-corrected chi connectivity index (χ2v) is 8.98. The van der Waals surface area contributed by atoms with E-state index in [-0.39, 0.29) is 34.7 Å². The monoisotopic (exact) mass is 456 g/mol.